The monoisotopic (exact) mass is 264 g/mol. The summed E-state index contributed by atoms with van der Waals surface area (Å²) in [4.78, 5) is 18.6. The van der Waals surface area contributed by atoms with Crippen molar-refractivity contribution in [3.63, 3.8) is 0 Å². The van der Waals surface area contributed by atoms with Gasteiger partial charge in [-0.25, -0.2) is 14.2 Å². The predicted molar refractivity (Wildman–Crippen MR) is 62.0 cm³/mol. The Morgan fingerprint density at radius 3 is 2.84 bits per heavy atom. The molecule has 7 heteroatoms. The van der Waals surface area contributed by atoms with E-state index >= 15 is 0 Å². The smallest absolute Gasteiger partial charge is 0.339 e. The Hall–Kier alpha value is -2.70. The number of carboxylic acids is 1. The van der Waals surface area contributed by atoms with Crippen molar-refractivity contribution in [2.75, 3.05) is 7.11 Å². The molecule has 0 saturated carbocycles. The minimum atomic E-state index is -1.24. The molecule has 2 rings (SSSR count). The Bertz CT molecular complexity index is 618. The molecule has 1 aromatic carbocycles. The third-order valence-corrected chi connectivity index (χ3v) is 2.19. The van der Waals surface area contributed by atoms with Crippen LogP contribution in [0.15, 0.2) is 30.5 Å². The SMILES string of the molecule is COc1ccnc(Oc2cc(F)ccc2C(=O)O)n1. The number of nitrogens with zero attached hydrogens (tertiary/aromatic N) is 2. The lowest BCUT2D eigenvalue weighted by Crippen LogP contribution is -2.02. The Balaban J connectivity index is 2.36. The molecule has 0 spiro atoms. The van der Waals surface area contributed by atoms with Gasteiger partial charge in [0.2, 0.25) is 5.88 Å². The lowest BCUT2D eigenvalue weighted by molar-refractivity contribution is 0.0694. The number of halogens is 1. The van der Waals surface area contributed by atoms with Crippen LogP contribution >= 0.6 is 0 Å². The van der Waals surface area contributed by atoms with Crippen LogP contribution in [-0.2, 0) is 0 Å². The molecule has 0 saturated heterocycles. The van der Waals surface area contributed by atoms with Gasteiger partial charge in [0.25, 0.3) is 0 Å². The third kappa shape index (κ3) is 2.95. The lowest BCUT2D eigenvalue weighted by Gasteiger charge is -2.07. The van der Waals surface area contributed by atoms with Gasteiger partial charge in [0.05, 0.1) is 7.11 Å². The van der Waals surface area contributed by atoms with E-state index in [0.29, 0.717) is 0 Å². The van der Waals surface area contributed by atoms with E-state index in [2.05, 4.69) is 9.97 Å². The molecule has 0 bridgehead atoms. The minimum absolute atomic E-state index is 0.132. The van der Waals surface area contributed by atoms with E-state index in [1.54, 1.807) is 0 Å². The molecule has 6 nitrogen and oxygen atoms in total. The summed E-state index contributed by atoms with van der Waals surface area (Å²) >= 11 is 0. The number of hydrogen-bond donors (Lipinski definition) is 1. The fraction of sp³-hybridized carbons (Fsp3) is 0.0833. The van der Waals surface area contributed by atoms with E-state index in [1.807, 2.05) is 0 Å². The molecule has 1 aromatic heterocycles. The van der Waals surface area contributed by atoms with Crippen LogP contribution in [0, 0.1) is 5.82 Å². The summed E-state index contributed by atoms with van der Waals surface area (Å²) in [6.45, 7) is 0. The second-order valence-corrected chi connectivity index (χ2v) is 3.43. The van der Waals surface area contributed by atoms with Crippen molar-refractivity contribution in [1.29, 1.82) is 0 Å². The number of methoxy groups -OCH3 is 1. The van der Waals surface area contributed by atoms with Crippen molar-refractivity contribution in [2.24, 2.45) is 0 Å². The van der Waals surface area contributed by atoms with Crippen LogP contribution in [-0.4, -0.2) is 28.2 Å². The van der Waals surface area contributed by atoms with Crippen molar-refractivity contribution >= 4 is 5.97 Å². The largest absolute Gasteiger partial charge is 0.481 e. The maximum atomic E-state index is 13.1. The van der Waals surface area contributed by atoms with Crippen LogP contribution in [0.2, 0.25) is 0 Å². The van der Waals surface area contributed by atoms with Gasteiger partial charge in [-0.3, -0.25) is 0 Å². The average Bonchev–Trinajstić information content (AvgIpc) is 2.38. The Labute approximate surface area is 107 Å². The Morgan fingerprint density at radius 1 is 1.37 bits per heavy atom. The van der Waals surface area contributed by atoms with Crippen LogP contribution in [0.1, 0.15) is 10.4 Å². The van der Waals surface area contributed by atoms with Crippen LogP contribution in [0.25, 0.3) is 0 Å². The molecule has 0 amide bonds. The highest BCUT2D eigenvalue weighted by molar-refractivity contribution is 5.90. The number of aromatic nitrogens is 2. The van der Waals surface area contributed by atoms with Crippen LogP contribution < -0.4 is 9.47 Å². The molecule has 98 valence electrons. The first-order chi connectivity index (χ1) is 9.10. The zero-order valence-electron chi connectivity index (χ0n) is 9.83. The lowest BCUT2D eigenvalue weighted by atomic mass is 10.2. The van der Waals surface area contributed by atoms with Gasteiger partial charge in [0.1, 0.15) is 17.1 Å². The number of hydrogen-bond acceptors (Lipinski definition) is 5. The molecule has 0 aliphatic heterocycles. The highest BCUT2D eigenvalue weighted by Gasteiger charge is 2.14. The number of ether oxygens (including phenoxy) is 2. The number of carbonyl (C=O) groups is 1. The van der Waals surface area contributed by atoms with Gasteiger partial charge in [-0.1, -0.05) is 0 Å². The zero-order chi connectivity index (χ0) is 13.8. The van der Waals surface area contributed by atoms with Crippen molar-refractivity contribution in [1.82, 2.24) is 9.97 Å². The number of carboxylic acid groups (broad SMARTS) is 1. The molecule has 0 aliphatic carbocycles. The molecule has 0 radical (unpaired) electrons. The molecular weight excluding hydrogens is 255 g/mol. The van der Waals surface area contributed by atoms with Crippen molar-refractivity contribution < 1.29 is 23.8 Å². The van der Waals surface area contributed by atoms with Gasteiger partial charge in [-0.2, -0.15) is 4.98 Å². The van der Waals surface area contributed by atoms with E-state index in [4.69, 9.17) is 14.6 Å². The predicted octanol–water partition coefficient (Wildman–Crippen LogP) is 2.11. The van der Waals surface area contributed by atoms with Crippen LogP contribution in [0.4, 0.5) is 4.39 Å². The molecule has 0 unspecified atom stereocenters. The first kappa shape index (κ1) is 12.7. The second-order valence-electron chi connectivity index (χ2n) is 3.43. The van der Waals surface area contributed by atoms with Crippen molar-refractivity contribution in [3.8, 4) is 17.6 Å². The summed E-state index contributed by atoms with van der Waals surface area (Å²) in [7, 11) is 1.41. The quantitative estimate of drug-likeness (QED) is 0.910. The fourth-order valence-electron chi connectivity index (χ4n) is 1.34. The van der Waals surface area contributed by atoms with E-state index in [9.17, 15) is 9.18 Å². The second kappa shape index (κ2) is 5.30. The van der Waals surface area contributed by atoms with E-state index in [0.717, 1.165) is 18.2 Å². The topological polar surface area (TPSA) is 81.5 Å². The van der Waals surface area contributed by atoms with Gasteiger partial charge in [0, 0.05) is 18.3 Å². The van der Waals surface area contributed by atoms with Gasteiger partial charge in [-0.15, -0.1) is 0 Å². The number of benzene rings is 1. The molecule has 1 heterocycles. The zero-order valence-corrected chi connectivity index (χ0v) is 9.83. The first-order valence-corrected chi connectivity index (χ1v) is 5.18. The molecule has 0 aliphatic rings. The third-order valence-electron chi connectivity index (χ3n) is 2.19. The molecule has 2 aromatic rings. The van der Waals surface area contributed by atoms with Gasteiger partial charge < -0.3 is 14.6 Å². The molecule has 19 heavy (non-hydrogen) atoms. The fourth-order valence-corrected chi connectivity index (χ4v) is 1.34. The summed E-state index contributed by atoms with van der Waals surface area (Å²) < 4.78 is 23.2. The van der Waals surface area contributed by atoms with E-state index < -0.39 is 11.8 Å². The van der Waals surface area contributed by atoms with Crippen LogP contribution in [0.5, 0.6) is 17.6 Å². The van der Waals surface area contributed by atoms with Gasteiger partial charge in [-0.05, 0) is 12.1 Å². The highest BCUT2D eigenvalue weighted by atomic mass is 19.1. The highest BCUT2D eigenvalue weighted by Crippen LogP contribution is 2.25. The Kier molecular flexibility index (Phi) is 3.56. The maximum absolute atomic E-state index is 13.1. The number of rotatable bonds is 4. The first-order valence-electron chi connectivity index (χ1n) is 5.18. The van der Waals surface area contributed by atoms with Gasteiger partial charge >= 0.3 is 12.0 Å². The molecule has 1 N–H and O–H groups in total. The number of aromatic carboxylic acids is 1. The molecule has 0 atom stereocenters. The van der Waals surface area contributed by atoms with Crippen molar-refractivity contribution in [3.05, 3.63) is 41.8 Å². The average molecular weight is 264 g/mol. The molecule has 0 fully saturated rings. The Morgan fingerprint density at radius 2 is 2.16 bits per heavy atom. The molecular formula is C12H9FN2O4. The summed E-state index contributed by atoms with van der Waals surface area (Å²) in [6, 6.07) is 4.45. The summed E-state index contributed by atoms with van der Waals surface area (Å²) in [5, 5.41) is 8.97. The van der Waals surface area contributed by atoms with E-state index in [1.165, 1.54) is 19.4 Å². The van der Waals surface area contributed by atoms with E-state index in [-0.39, 0.29) is 23.2 Å². The summed E-state index contributed by atoms with van der Waals surface area (Å²) in [5.41, 5.74) is -0.187. The minimum Gasteiger partial charge on any atom is -0.481 e. The van der Waals surface area contributed by atoms with Gasteiger partial charge in [0.15, 0.2) is 0 Å². The van der Waals surface area contributed by atoms with Crippen molar-refractivity contribution in [2.45, 2.75) is 0 Å². The summed E-state index contributed by atoms with van der Waals surface area (Å²) in [6.07, 6.45) is 1.38. The standard InChI is InChI=1S/C12H9FN2O4/c1-18-10-4-5-14-12(15-10)19-9-6-7(13)2-3-8(9)11(16)17/h2-6H,1H3,(H,16,17). The normalized spacial score (nSPS) is 10.0. The maximum Gasteiger partial charge on any atom is 0.339 e. The van der Waals surface area contributed by atoms with Crippen LogP contribution in [0.3, 0.4) is 0 Å². The summed E-state index contributed by atoms with van der Waals surface area (Å²) in [5.74, 6) is -1.79.